The van der Waals surface area contributed by atoms with E-state index in [1.165, 1.54) is 43.4 Å². The Labute approximate surface area is 248 Å². The van der Waals surface area contributed by atoms with E-state index in [0.717, 1.165) is 27.2 Å². The minimum atomic E-state index is -0.531. The van der Waals surface area contributed by atoms with Crippen molar-refractivity contribution >= 4 is 44.6 Å². The summed E-state index contributed by atoms with van der Waals surface area (Å²) in [6.45, 7) is 2.51. The van der Waals surface area contributed by atoms with Crippen LogP contribution in [0.4, 0.5) is 9.93 Å². The molecule has 3 aromatic rings. The molecule has 1 heterocycles. The van der Waals surface area contributed by atoms with Crippen LogP contribution in [0.3, 0.4) is 0 Å². The lowest BCUT2D eigenvalue weighted by Gasteiger charge is -2.35. The van der Waals surface area contributed by atoms with Gasteiger partial charge in [-0.15, -0.1) is 5.11 Å². The van der Waals surface area contributed by atoms with Gasteiger partial charge < -0.3 is 4.74 Å². The number of fused-ring (bicyclic) bond motifs is 1. The average molecular weight is 586 g/mol. The SMILES string of the molecule is COc1ccc2nc(NC(=O)N(Cc3ccc(C(=O)NC(=N)N=N)cc3)C3=CC(C)C(C4CCCCC4)C=C3)sc2c1. The van der Waals surface area contributed by atoms with Crippen molar-refractivity contribution in [3.05, 3.63) is 77.5 Å². The van der Waals surface area contributed by atoms with Gasteiger partial charge in [-0.1, -0.05) is 61.8 Å². The van der Waals surface area contributed by atoms with Gasteiger partial charge in [0.1, 0.15) is 5.75 Å². The number of thiazole rings is 1. The number of carbonyl (C=O) groups is 2. The first kappa shape index (κ1) is 29.1. The lowest BCUT2D eigenvalue weighted by atomic mass is 9.73. The molecule has 218 valence electrons. The van der Waals surface area contributed by atoms with E-state index in [0.29, 0.717) is 28.4 Å². The normalized spacial score (nSPS) is 18.7. The van der Waals surface area contributed by atoms with Gasteiger partial charge in [0.2, 0.25) is 5.96 Å². The van der Waals surface area contributed by atoms with Gasteiger partial charge in [0.05, 0.1) is 23.9 Å². The van der Waals surface area contributed by atoms with Crippen LogP contribution in [0.15, 0.2) is 71.5 Å². The number of hydrogen-bond donors (Lipinski definition) is 4. The van der Waals surface area contributed by atoms with Crippen molar-refractivity contribution in [3.63, 3.8) is 0 Å². The molecule has 2 aliphatic rings. The van der Waals surface area contributed by atoms with Crippen LogP contribution in [0.2, 0.25) is 0 Å². The Morgan fingerprint density at radius 3 is 2.60 bits per heavy atom. The Kier molecular flexibility index (Phi) is 9.06. The summed E-state index contributed by atoms with van der Waals surface area (Å²) in [5.41, 5.74) is 9.61. The number of aromatic nitrogens is 1. The standard InChI is InChI=1S/C31H35N7O3S/c1-19-16-23(12-14-25(19)21-6-4-3-5-7-21)38(18-20-8-10-22(11-9-20)28(39)35-29(32)37-33)31(40)36-30-34-26-15-13-24(41-2)17-27(26)42-30/h8-17,19,21,25,33H,3-7,18H2,1-2H3,(H2,32,35,39)(H,34,36,40). The predicted molar refractivity (Wildman–Crippen MR) is 164 cm³/mol. The summed E-state index contributed by atoms with van der Waals surface area (Å²) in [5.74, 6) is 1.11. The molecule has 42 heavy (non-hydrogen) atoms. The van der Waals surface area contributed by atoms with Crippen LogP contribution >= 0.6 is 11.3 Å². The minimum absolute atomic E-state index is 0.279. The van der Waals surface area contributed by atoms with Crippen molar-refractivity contribution in [3.8, 4) is 5.75 Å². The van der Waals surface area contributed by atoms with E-state index < -0.39 is 11.9 Å². The summed E-state index contributed by atoms with van der Waals surface area (Å²) < 4.78 is 6.24. The molecule has 11 heteroatoms. The highest BCUT2D eigenvalue weighted by Gasteiger charge is 2.29. The zero-order valence-electron chi connectivity index (χ0n) is 23.7. The van der Waals surface area contributed by atoms with Gasteiger partial charge in [0.25, 0.3) is 5.91 Å². The summed E-state index contributed by atoms with van der Waals surface area (Å²) in [5, 5.41) is 16.0. The molecule has 0 aliphatic heterocycles. The summed E-state index contributed by atoms with van der Waals surface area (Å²) in [6, 6.07) is 12.1. The molecule has 4 N–H and O–H groups in total. The highest BCUT2D eigenvalue weighted by atomic mass is 32.1. The molecule has 2 aliphatic carbocycles. The van der Waals surface area contributed by atoms with E-state index in [9.17, 15) is 9.59 Å². The van der Waals surface area contributed by atoms with E-state index in [-0.39, 0.29) is 12.6 Å². The Morgan fingerprint density at radius 1 is 1.14 bits per heavy atom. The number of benzene rings is 2. The first-order chi connectivity index (χ1) is 20.3. The van der Waals surface area contributed by atoms with Crippen molar-refractivity contribution in [2.45, 2.75) is 45.6 Å². The van der Waals surface area contributed by atoms with Gasteiger partial charge in [-0.05, 0) is 72.6 Å². The van der Waals surface area contributed by atoms with Gasteiger partial charge >= 0.3 is 6.03 Å². The first-order valence-electron chi connectivity index (χ1n) is 14.1. The molecule has 1 aromatic heterocycles. The maximum Gasteiger partial charge on any atom is 0.328 e. The van der Waals surface area contributed by atoms with Crippen LogP contribution < -0.4 is 15.4 Å². The van der Waals surface area contributed by atoms with Crippen LogP contribution in [-0.2, 0) is 6.54 Å². The van der Waals surface area contributed by atoms with Crippen molar-refractivity contribution in [2.24, 2.45) is 22.9 Å². The number of guanidine groups is 1. The molecule has 1 saturated carbocycles. The molecule has 0 spiro atoms. The molecule has 10 nitrogen and oxygen atoms in total. The highest BCUT2D eigenvalue weighted by Crippen LogP contribution is 2.38. The Balaban J connectivity index is 1.38. The molecule has 5 rings (SSSR count). The van der Waals surface area contributed by atoms with E-state index in [4.69, 9.17) is 15.7 Å². The molecular weight excluding hydrogens is 550 g/mol. The smallest absolute Gasteiger partial charge is 0.328 e. The van der Waals surface area contributed by atoms with Gasteiger partial charge in [0, 0.05) is 11.3 Å². The largest absolute Gasteiger partial charge is 0.497 e. The van der Waals surface area contributed by atoms with E-state index in [1.807, 2.05) is 18.2 Å². The molecule has 0 radical (unpaired) electrons. The second-order valence-electron chi connectivity index (χ2n) is 10.8. The van der Waals surface area contributed by atoms with Crippen LogP contribution in [0.25, 0.3) is 10.2 Å². The molecule has 1 fully saturated rings. The molecular formula is C31H35N7O3S. The van der Waals surface area contributed by atoms with Gasteiger partial charge in [-0.3, -0.25) is 25.7 Å². The lowest BCUT2D eigenvalue weighted by Crippen LogP contribution is -2.35. The number of amides is 3. The number of rotatable bonds is 7. The number of allylic oxidation sites excluding steroid dienone is 3. The van der Waals surface area contributed by atoms with Crippen LogP contribution in [0, 0.1) is 28.7 Å². The predicted octanol–water partition coefficient (Wildman–Crippen LogP) is 7.32. The maximum absolute atomic E-state index is 13.8. The van der Waals surface area contributed by atoms with Gasteiger partial charge in [0.15, 0.2) is 5.13 Å². The van der Waals surface area contributed by atoms with Gasteiger partial charge in [-0.25, -0.2) is 15.3 Å². The summed E-state index contributed by atoms with van der Waals surface area (Å²) in [6.07, 6.45) is 12.9. The number of methoxy groups -OCH3 is 1. The number of carbonyl (C=O) groups excluding carboxylic acids is 2. The average Bonchev–Trinajstić information content (AvgIpc) is 3.41. The van der Waals surface area contributed by atoms with Crippen LogP contribution in [0.5, 0.6) is 5.75 Å². The number of hydrogen-bond acceptors (Lipinski definition) is 7. The Bertz CT molecular complexity index is 1540. The minimum Gasteiger partial charge on any atom is -0.497 e. The molecule has 2 unspecified atom stereocenters. The fourth-order valence-corrected chi connectivity index (χ4v) is 6.67. The quantitative estimate of drug-likeness (QED) is 0.131. The summed E-state index contributed by atoms with van der Waals surface area (Å²) >= 11 is 1.39. The number of nitrogens with one attached hydrogen (secondary N) is 4. The monoisotopic (exact) mass is 585 g/mol. The van der Waals surface area contributed by atoms with Crippen LogP contribution in [0.1, 0.15) is 54.9 Å². The van der Waals surface area contributed by atoms with E-state index in [1.54, 1.807) is 36.3 Å². The third-order valence-corrected chi connectivity index (χ3v) is 8.92. The van der Waals surface area contributed by atoms with Crippen molar-refractivity contribution in [1.29, 1.82) is 10.9 Å². The Morgan fingerprint density at radius 2 is 1.90 bits per heavy atom. The fraction of sp³-hybridized carbons (Fsp3) is 0.355. The second-order valence-corrected chi connectivity index (χ2v) is 11.8. The van der Waals surface area contributed by atoms with Crippen molar-refractivity contribution in [1.82, 2.24) is 15.2 Å². The highest BCUT2D eigenvalue weighted by molar-refractivity contribution is 7.22. The Hall–Kier alpha value is -4.38. The lowest BCUT2D eigenvalue weighted by molar-refractivity contribution is 0.0976. The zero-order chi connectivity index (χ0) is 29.6. The van der Waals surface area contributed by atoms with E-state index >= 15 is 0 Å². The molecule has 2 atom stereocenters. The molecule has 3 amide bonds. The van der Waals surface area contributed by atoms with Crippen LogP contribution in [-0.4, -0.2) is 34.9 Å². The molecule has 0 bridgehead atoms. The number of anilines is 1. The summed E-state index contributed by atoms with van der Waals surface area (Å²) in [7, 11) is 1.62. The fourth-order valence-electron chi connectivity index (χ4n) is 5.78. The third-order valence-electron chi connectivity index (χ3n) is 7.99. The maximum atomic E-state index is 13.8. The van der Waals surface area contributed by atoms with Gasteiger partial charge in [-0.2, -0.15) is 0 Å². The van der Waals surface area contributed by atoms with Crippen molar-refractivity contribution < 1.29 is 14.3 Å². The van der Waals surface area contributed by atoms with E-state index in [2.05, 4.69) is 45.9 Å². The number of nitrogens with zero attached hydrogens (tertiary/aromatic N) is 3. The molecule has 0 saturated heterocycles. The first-order valence-corrected chi connectivity index (χ1v) is 15.0. The number of urea groups is 1. The van der Waals surface area contributed by atoms with Crippen molar-refractivity contribution in [2.75, 3.05) is 12.4 Å². The summed E-state index contributed by atoms with van der Waals surface area (Å²) in [4.78, 5) is 32.4. The molecule has 2 aromatic carbocycles. The zero-order valence-corrected chi connectivity index (χ0v) is 24.5. The number of ether oxygens (including phenoxy) is 1. The third kappa shape index (κ3) is 6.73. The topological polar surface area (TPSA) is 144 Å². The second kappa shape index (κ2) is 13.1.